The highest BCUT2D eigenvalue weighted by atomic mass is 35.5. The van der Waals surface area contributed by atoms with Gasteiger partial charge in [-0.3, -0.25) is 0 Å². The van der Waals surface area contributed by atoms with Crippen LogP contribution in [0.5, 0.6) is 5.75 Å². The van der Waals surface area contributed by atoms with E-state index in [0.29, 0.717) is 21.6 Å². The molecule has 2 rings (SSSR count). The molecule has 0 N–H and O–H groups in total. The zero-order chi connectivity index (χ0) is 13.1. The Hall–Kier alpha value is -1.53. The second-order valence-electron chi connectivity index (χ2n) is 3.45. The number of esters is 1. The van der Waals surface area contributed by atoms with Gasteiger partial charge < -0.3 is 14.0 Å². The van der Waals surface area contributed by atoms with Crippen molar-refractivity contribution in [1.82, 2.24) is 9.55 Å². The molecule has 0 saturated carbocycles. The van der Waals surface area contributed by atoms with E-state index in [4.69, 9.17) is 21.1 Å². The lowest BCUT2D eigenvalue weighted by atomic mass is 10.4. The summed E-state index contributed by atoms with van der Waals surface area (Å²) in [5.74, 6) is 0.674. The van der Waals surface area contributed by atoms with Crippen LogP contribution in [0.15, 0.2) is 17.6 Å². The third kappa shape index (κ3) is 2.49. The van der Waals surface area contributed by atoms with Crippen molar-refractivity contribution >= 4 is 28.9 Å². The summed E-state index contributed by atoms with van der Waals surface area (Å²) < 4.78 is 11.9. The molecule has 5 nitrogen and oxygen atoms in total. The van der Waals surface area contributed by atoms with Crippen molar-refractivity contribution in [2.24, 2.45) is 7.05 Å². The van der Waals surface area contributed by atoms with Gasteiger partial charge in [-0.25, -0.2) is 9.78 Å². The molecular weight excluding hydrogens is 276 g/mol. The summed E-state index contributed by atoms with van der Waals surface area (Å²) in [6.45, 7) is 0.0725. The van der Waals surface area contributed by atoms with Gasteiger partial charge in [0.2, 0.25) is 0 Å². The van der Waals surface area contributed by atoms with Gasteiger partial charge in [0.25, 0.3) is 0 Å². The van der Waals surface area contributed by atoms with Gasteiger partial charge >= 0.3 is 5.97 Å². The summed E-state index contributed by atoms with van der Waals surface area (Å²) in [5, 5.41) is 2.27. The van der Waals surface area contributed by atoms with Crippen molar-refractivity contribution in [3.8, 4) is 5.75 Å². The highest BCUT2D eigenvalue weighted by molar-refractivity contribution is 7.12. The summed E-state index contributed by atoms with van der Waals surface area (Å²) in [4.78, 5) is 16.3. The van der Waals surface area contributed by atoms with E-state index in [9.17, 15) is 4.79 Å². The zero-order valence-corrected chi connectivity index (χ0v) is 11.4. The minimum absolute atomic E-state index is 0.0725. The molecule has 96 valence electrons. The molecule has 0 radical (unpaired) electrons. The molecule has 18 heavy (non-hydrogen) atoms. The van der Waals surface area contributed by atoms with E-state index in [1.807, 2.05) is 0 Å². The SMILES string of the molecule is COc1ccsc1C(=O)OCc1ncc(Cl)n1C. The number of methoxy groups -OCH3 is 1. The molecule has 0 aliphatic rings. The molecule has 0 atom stereocenters. The maximum atomic E-state index is 11.8. The number of ether oxygens (including phenoxy) is 2. The molecule has 0 saturated heterocycles. The summed E-state index contributed by atoms with van der Waals surface area (Å²) in [7, 11) is 3.27. The van der Waals surface area contributed by atoms with E-state index >= 15 is 0 Å². The molecule has 0 amide bonds. The third-order valence-corrected chi connectivity index (χ3v) is 3.62. The Morgan fingerprint density at radius 3 is 3.00 bits per heavy atom. The molecule has 0 aliphatic heterocycles. The summed E-state index contributed by atoms with van der Waals surface area (Å²) >= 11 is 7.11. The first-order chi connectivity index (χ1) is 8.63. The number of rotatable bonds is 4. The van der Waals surface area contributed by atoms with Crippen LogP contribution in [0.3, 0.4) is 0 Å². The van der Waals surface area contributed by atoms with Gasteiger partial charge in [0.1, 0.15) is 23.3 Å². The predicted molar refractivity (Wildman–Crippen MR) is 68.2 cm³/mol. The van der Waals surface area contributed by atoms with Gasteiger partial charge in [-0.1, -0.05) is 11.6 Å². The number of hydrogen-bond acceptors (Lipinski definition) is 5. The van der Waals surface area contributed by atoms with E-state index in [1.165, 1.54) is 24.6 Å². The number of halogens is 1. The van der Waals surface area contributed by atoms with Crippen molar-refractivity contribution in [3.63, 3.8) is 0 Å². The lowest BCUT2D eigenvalue weighted by molar-refractivity contribution is 0.0462. The largest absolute Gasteiger partial charge is 0.495 e. The van der Waals surface area contributed by atoms with Crippen LogP contribution in [-0.2, 0) is 18.4 Å². The van der Waals surface area contributed by atoms with E-state index in [2.05, 4.69) is 4.98 Å². The first-order valence-electron chi connectivity index (χ1n) is 5.08. The van der Waals surface area contributed by atoms with E-state index in [-0.39, 0.29) is 6.61 Å². The van der Waals surface area contributed by atoms with Gasteiger partial charge in [-0.2, -0.15) is 0 Å². The number of thiophene rings is 1. The van der Waals surface area contributed by atoms with Gasteiger partial charge in [0.05, 0.1) is 13.3 Å². The van der Waals surface area contributed by atoms with Crippen LogP contribution < -0.4 is 4.74 Å². The molecule has 0 unspecified atom stereocenters. The van der Waals surface area contributed by atoms with Crippen LogP contribution >= 0.6 is 22.9 Å². The second-order valence-corrected chi connectivity index (χ2v) is 4.75. The monoisotopic (exact) mass is 286 g/mol. The fraction of sp³-hybridized carbons (Fsp3) is 0.273. The van der Waals surface area contributed by atoms with E-state index in [1.54, 1.807) is 23.1 Å². The van der Waals surface area contributed by atoms with Crippen LogP contribution in [0.1, 0.15) is 15.5 Å². The maximum absolute atomic E-state index is 11.8. The summed E-state index contributed by atoms with van der Waals surface area (Å²) in [6.07, 6.45) is 1.51. The van der Waals surface area contributed by atoms with Crippen molar-refractivity contribution in [1.29, 1.82) is 0 Å². The normalized spacial score (nSPS) is 10.4. The Morgan fingerprint density at radius 1 is 1.61 bits per heavy atom. The highest BCUT2D eigenvalue weighted by Gasteiger charge is 2.16. The minimum atomic E-state index is -0.430. The molecule has 0 bridgehead atoms. The van der Waals surface area contributed by atoms with Crippen molar-refractivity contribution in [3.05, 3.63) is 33.5 Å². The molecule has 0 spiro atoms. The lowest BCUT2D eigenvalue weighted by Crippen LogP contribution is -2.08. The molecule has 2 heterocycles. The van der Waals surface area contributed by atoms with E-state index < -0.39 is 5.97 Å². The van der Waals surface area contributed by atoms with Crippen LogP contribution in [-0.4, -0.2) is 22.6 Å². The second kappa shape index (κ2) is 5.41. The number of imidazole rings is 1. The van der Waals surface area contributed by atoms with Gasteiger partial charge in [0.15, 0.2) is 4.88 Å². The topological polar surface area (TPSA) is 53.4 Å². The standard InChI is InChI=1S/C11H11ClN2O3S/c1-14-8(12)5-13-9(14)6-17-11(15)10-7(16-2)3-4-18-10/h3-5H,6H2,1-2H3. The fourth-order valence-electron chi connectivity index (χ4n) is 1.36. The van der Waals surface area contributed by atoms with Gasteiger partial charge in [0, 0.05) is 7.05 Å². The van der Waals surface area contributed by atoms with E-state index in [0.717, 1.165) is 0 Å². The number of aromatic nitrogens is 2. The van der Waals surface area contributed by atoms with Crippen LogP contribution in [0.4, 0.5) is 0 Å². The Kier molecular flexibility index (Phi) is 3.88. The van der Waals surface area contributed by atoms with Crippen LogP contribution in [0, 0.1) is 0 Å². The summed E-state index contributed by atoms with van der Waals surface area (Å²) in [6, 6.07) is 1.72. The Balaban J connectivity index is 2.03. The predicted octanol–water partition coefficient (Wildman–Crippen LogP) is 2.50. The Morgan fingerprint density at radius 2 is 2.39 bits per heavy atom. The third-order valence-electron chi connectivity index (χ3n) is 2.39. The summed E-state index contributed by atoms with van der Waals surface area (Å²) in [5.41, 5.74) is 0. The maximum Gasteiger partial charge on any atom is 0.352 e. The Bertz CT molecular complexity index is 564. The molecule has 2 aromatic heterocycles. The average Bonchev–Trinajstić information content (AvgIpc) is 2.96. The first-order valence-corrected chi connectivity index (χ1v) is 6.34. The molecule has 7 heteroatoms. The molecule has 0 aliphatic carbocycles. The van der Waals surface area contributed by atoms with Crippen LogP contribution in [0.25, 0.3) is 0 Å². The zero-order valence-electron chi connectivity index (χ0n) is 9.84. The number of carbonyl (C=O) groups is 1. The fourth-order valence-corrected chi connectivity index (χ4v) is 2.26. The minimum Gasteiger partial charge on any atom is -0.495 e. The van der Waals surface area contributed by atoms with Gasteiger partial charge in [-0.15, -0.1) is 11.3 Å². The number of carbonyl (C=O) groups excluding carboxylic acids is 1. The van der Waals surface area contributed by atoms with Crippen molar-refractivity contribution in [2.75, 3.05) is 7.11 Å². The highest BCUT2D eigenvalue weighted by Crippen LogP contribution is 2.25. The van der Waals surface area contributed by atoms with Crippen LogP contribution in [0.2, 0.25) is 5.15 Å². The lowest BCUT2D eigenvalue weighted by Gasteiger charge is -2.05. The molecule has 0 fully saturated rings. The average molecular weight is 287 g/mol. The molecule has 2 aromatic rings. The molecule has 0 aromatic carbocycles. The Labute approximate surface area is 113 Å². The van der Waals surface area contributed by atoms with Gasteiger partial charge in [-0.05, 0) is 11.4 Å². The van der Waals surface area contributed by atoms with Crippen molar-refractivity contribution in [2.45, 2.75) is 6.61 Å². The quantitative estimate of drug-likeness (QED) is 0.811. The molecular formula is C11H11ClN2O3S. The smallest absolute Gasteiger partial charge is 0.352 e. The van der Waals surface area contributed by atoms with Crippen molar-refractivity contribution < 1.29 is 14.3 Å². The number of hydrogen-bond donors (Lipinski definition) is 0. The first kappa shape index (κ1) is 12.9. The number of nitrogens with zero attached hydrogens (tertiary/aromatic N) is 2.